The van der Waals surface area contributed by atoms with Gasteiger partial charge < -0.3 is 9.47 Å². The summed E-state index contributed by atoms with van der Waals surface area (Å²) in [6.45, 7) is 1.77. The van der Waals surface area contributed by atoms with Gasteiger partial charge in [-0.2, -0.15) is 5.26 Å². The Labute approximate surface area is 95.6 Å². The Hall–Kier alpha value is -1.53. The number of nitrogens with zero attached hydrogens (tertiary/aromatic N) is 1. The third-order valence-electron chi connectivity index (χ3n) is 2.95. The minimum Gasteiger partial charge on any atom is -0.492 e. The van der Waals surface area contributed by atoms with Crippen LogP contribution < -0.4 is 4.74 Å². The van der Waals surface area contributed by atoms with E-state index in [9.17, 15) is 5.26 Å². The second-order valence-corrected chi connectivity index (χ2v) is 4.11. The summed E-state index contributed by atoms with van der Waals surface area (Å²) in [6, 6.07) is 12.0. The fourth-order valence-electron chi connectivity index (χ4n) is 1.79. The lowest BCUT2D eigenvalue weighted by Crippen LogP contribution is -2.33. The van der Waals surface area contributed by atoms with Crippen LogP contribution >= 0.6 is 0 Å². The van der Waals surface area contributed by atoms with Crippen molar-refractivity contribution in [3.8, 4) is 11.8 Å². The number of benzene rings is 1. The quantitative estimate of drug-likeness (QED) is 0.780. The van der Waals surface area contributed by atoms with Gasteiger partial charge in [0.2, 0.25) is 0 Å². The molecule has 16 heavy (non-hydrogen) atoms. The molecular weight excluding hydrogens is 202 g/mol. The standard InChI is InChI=1S/C13H15NO2/c14-10-13(6-8-15-9-7-13)11-16-12-4-2-1-3-5-12/h1-5H,6-9,11H2. The highest BCUT2D eigenvalue weighted by atomic mass is 16.5. The Morgan fingerprint density at radius 3 is 2.56 bits per heavy atom. The molecule has 1 saturated heterocycles. The van der Waals surface area contributed by atoms with E-state index in [0.29, 0.717) is 19.8 Å². The van der Waals surface area contributed by atoms with Gasteiger partial charge in [0.25, 0.3) is 0 Å². The van der Waals surface area contributed by atoms with Crippen LogP contribution in [-0.4, -0.2) is 19.8 Å². The van der Waals surface area contributed by atoms with Gasteiger partial charge in [0.15, 0.2) is 0 Å². The lowest BCUT2D eigenvalue weighted by atomic mass is 9.83. The van der Waals surface area contributed by atoms with E-state index in [1.807, 2.05) is 30.3 Å². The van der Waals surface area contributed by atoms with Crippen LogP contribution in [0.15, 0.2) is 30.3 Å². The molecule has 0 spiro atoms. The topological polar surface area (TPSA) is 42.2 Å². The SMILES string of the molecule is N#CC1(COc2ccccc2)CCOCC1. The third kappa shape index (κ3) is 2.53. The molecule has 0 N–H and O–H groups in total. The van der Waals surface area contributed by atoms with Crippen molar-refractivity contribution in [1.82, 2.24) is 0 Å². The lowest BCUT2D eigenvalue weighted by Gasteiger charge is -2.30. The molecule has 0 amide bonds. The highest BCUT2D eigenvalue weighted by Gasteiger charge is 2.33. The summed E-state index contributed by atoms with van der Waals surface area (Å²) in [5.74, 6) is 0.823. The van der Waals surface area contributed by atoms with E-state index < -0.39 is 0 Å². The first-order valence-corrected chi connectivity index (χ1v) is 5.52. The summed E-state index contributed by atoms with van der Waals surface area (Å²) >= 11 is 0. The first-order chi connectivity index (χ1) is 7.85. The fraction of sp³-hybridized carbons (Fsp3) is 0.462. The molecule has 1 fully saturated rings. The molecule has 84 valence electrons. The molecule has 1 aromatic carbocycles. The van der Waals surface area contributed by atoms with E-state index in [1.54, 1.807) is 0 Å². The predicted octanol–water partition coefficient (Wildman–Crippen LogP) is 2.39. The van der Waals surface area contributed by atoms with Crippen molar-refractivity contribution in [3.05, 3.63) is 30.3 Å². The molecule has 0 saturated carbocycles. The Kier molecular flexibility index (Phi) is 3.43. The van der Waals surface area contributed by atoms with Gasteiger partial charge in [-0.15, -0.1) is 0 Å². The second kappa shape index (κ2) is 5.00. The molecule has 3 heteroatoms. The number of ether oxygens (including phenoxy) is 2. The molecule has 1 heterocycles. The van der Waals surface area contributed by atoms with Crippen molar-refractivity contribution in [1.29, 1.82) is 5.26 Å². The van der Waals surface area contributed by atoms with Gasteiger partial charge in [0.05, 0.1) is 11.5 Å². The summed E-state index contributed by atoms with van der Waals surface area (Å²) in [5.41, 5.74) is -0.367. The molecule has 0 aromatic heterocycles. The minimum absolute atomic E-state index is 0.367. The van der Waals surface area contributed by atoms with Crippen LogP contribution in [0.2, 0.25) is 0 Å². The Bertz CT molecular complexity index is 363. The van der Waals surface area contributed by atoms with E-state index in [-0.39, 0.29) is 5.41 Å². The van der Waals surface area contributed by atoms with E-state index in [1.165, 1.54) is 0 Å². The maximum Gasteiger partial charge on any atom is 0.119 e. The van der Waals surface area contributed by atoms with Crippen LogP contribution in [-0.2, 0) is 4.74 Å². The van der Waals surface area contributed by atoms with Gasteiger partial charge in [-0.05, 0) is 25.0 Å². The lowest BCUT2D eigenvalue weighted by molar-refractivity contribution is 0.0191. The van der Waals surface area contributed by atoms with Crippen molar-refractivity contribution in [3.63, 3.8) is 0 Å². The molecule has 0 bridgehead atoms. The van der Waals surface area contributed by atoms with Crippen molar-refractivity contribution < 1.29 is 9.47 Å². The van der Waals surface area contributed by atoms with Crippen molar-refractivity contribution in [2.75, 3.05) is 19.8 Å². The van der Waals surface area contributed by atoms with Gasteiger partial charge >= 0.3 is 0 Å². The molecule has 1 aromatic rings. The van der Waals surface area contributed by atoms with E-state index in [2.05, 4.69) is 6.07 Å². The zero-order valence-corrected chi connectivity index (χ0v) is 9.19. The van der Waals surface area contributed by atoms with Crippen molar-refractivity contribution >= 4 is 0 Å². The minimum atomic E-state index is -0.367. The zero-order valence-electron chi connectivity index (χ0n) is 9.19. The van der Waals surface area contributed by atoms with Crippen LogP contribution in [0, 0.1) is 16.7 Å². The second-order valence-electron chi connectivity index (χ2n) is 4.11. The summed E-state index contributed by atoms with van der Waals surface area (Å²) in [6.07, 6.45) is 1.52. The first kappa shape index (κ1) is 11.0. The first-order valence-electron chi connectivity index (χ1n) is 5.52. The molecule has 1 aliphatic heterocycles. The van der Waals surface area contributed by atoms with Gasteiger partial charge in [-0.3, -0.25) is 0 Å². The zero-order chi connectivity index (χ0) is 11.3. The number of para-hydroxylation sites is 1. The summed E-state index contributed by atoms with van der Waals surface area (Å²) in [7, 11) is 0. The smallest absolute Gasteiger partial charge is 0.119 e. The molecule has 3 nitrogen and oxygen atoms in total. The average molecular weight is 217 g/mol. The van der Waals surface area contributed by atoms with Gasteiger partial charge in [0.1, 0.15) is 12.4 Å². The number of hydrogen-bond acceptors (Lipinski definition) is 3. The van der Waals surface area contributed by atoms with Crippen LogP contribution in [0.4, 0.5) is 0 Å². The van der Waals surface area contributed by atoms with E-state index in [4.69, 9.17) is 9.47 Å². The molecule has 2 rings (SSSR count). The summed E-state index contributed by atoms with van der Waals surface area (Å²) in [5, 5.41) is 9.23. The van der Waals surface area contributed by atoms with Crippen LogP contribution in [0.3, 0.4) is 0 Å². The highest BCUT2D eigenvalue weighted by Crippen LogP contribution is 2.30. The predicted molar refractivity (Wildman–Crippen MR) is 60.0 cm³/mol. The molecular formula is C13H15NO2. The highest BCUT2D eigenvalue weighted by molar-refractivity contribution is 5.21. The molecule has 0 unspecified atom stereocenters. The molecule has 1 aliphatic rings. The van der Waals surface area contributed by atoms with Crippen LogP contribution in [0.1, 0.15) is 12.8 Å². The summed E-state index contributed by atoms with van der Waals surface area (Å²) < 4.78 is 10.9. The van der Waals surface area contributed by atoms with Gasteiger partial charge in [-0.25, -0.2) is 0 Å². The monoisotopic (exact) mass is 217 g/mol. The van der Waals surface area contributed by atoms with Crippen LogP contribution in [0.25, 0.3) is 0 Å². The number of nitriles is 1. The Morgan fingerprint density at radius 2 is 1.94 bits per heavy atom. The number of rotatable bonds is 3. The average Bonchev–Trinajstić information content (AvgIpc) is 2.39. The van der Waals surface area contributed by atoms with Gasteiger partial charge in [-0.1, -0.05) is 18.2 Å². The maximum absolute atomic E-state index is 9.23. The molecule has 0 aliphatic carbocycles. The van der Waals surface area contributed by atoms with E-state index >= 15 is 0 Å². The Balaban J connectivity index is 1.95. The third-order valence-corrected chi connectivity index (χ3v) is 2.95. The Morgan fingerprint density at radius 1 is 1.25 bits per heavy atom. The fourth-order valence-corrected chi connectivity index (χ4v) is 1.79. The largest absolute Gasteiger partial charge is 0.492 e. The molecule has 0 atom stereocenters. The normalized spacial score (nSPS) is 18.7. The van der Waals surface area contributed by atoms with Crippen molar-refractivity contribution in [2.45, 2.75) is 12.8 Å². The van der Waals surface area contributed by atoms with Gasteiger partial charge in [0, 0.05) is 13.2 Å². The maximum atomic E-state index is 9.23. The van der Waals surface area contributed by atoms with Crippen molar-refractivity contribution in [2.24, 2.45) is 5.41 Å². The summed E-state index contributed by atoms with van der Waals surface area (Å²) in [4.78, 5) is 0. The van der Waals surface area contributed by atoms with Crippen LogP contribution in [0.5, 0.6) is 5.75 Å². The van der Waals surface area contributed by atoms with E-state index in [0.717, 1.165) is 18.6 Å². The number of hydrogen-bond donors (Lipinski definition) is 0. The molecule has 0 radical (unpaired) electrons.